The molecule has 0 aromatic carbocycles. The Balaban J connectivity index is 2.72. The van der Waals surface area contributed by atoms with Gasteiger partial charge < -0.3 is 5.11 Å². The minimum absolute atomic E-state index is 0.0785. The third-order valence-corrected chi connectivity index (χ3v) is 2.46. The lowest BCUT2D eigenvalue weighted by molar-refractivity contribution is -0.143. The molecule has 0 aliphatic heterocycles. The molecule has 0 fully saturated rings. The number of carboxylic acid groups (broad SMARTS) is 1. The fourth-order valence-electron chi connectivity index (χ4n) is 1.50. The second kappa shape index (κ2) is 4.75. The summed E-state index contributed by atoms with van der Waals surface area (Å²) < 4.78 is 52.4. The van der Waals surface area contributed by atoms with E-state index in [0.29, 0.717) is 6.20 Å². The molecule has 0 saturated carbocycles. The van der Waals surface area contributed by atoms with Crippen molar-refractivity contribution in [3.8, 4) is 5.82 Å². The zero-order chi connectivity index (χ0) is 15.1. The standard InChI is InChI=1S/C10H4ClF4N3O2/c11-4-1-6(12)8(16-2-4)18-7(10(13,14)15)5(3-17-18)9(19)20/h1-3H,(H,19,20). The number of aromatic carboxylic acids is 1. The number of carbonyl (C=O) groups is 1. The van der Waals surface area contributed by atoms with Gasteiger partial charge in [0, 0.05) is 6.20 Å². The van der Waals surface area contributed by atoms with E-state index in [1.165, 1.54) is 0 Å². The summed E-state index contributed by atoms with van der Waals surface area (Å²) in [5.74, 6) is -3.80. The molecule has 0 amide bonds. The summed E-state index contributed by atoms with van der Waals surface area (Å²) in [4.78, 5) is 14.2. The summed E-state index contributed by atoms with van der Waals surface area (Å²) in [7, 11) is 0. The number of rotatable bonds is 2. The summed E-state index contributed by atoms with van der Waals surface area (Å²) in [6.07, 6.45) is -3.65. The van der Waals surface area contributed by atoms with Crippen molar-refractivity contribution >= 4 is 17.6 Å². The van der Waals surface area contributed by atoms with Crippen molar-refractivity contribution in [3.63, 3.8) is 0 Å². The highest BCUT2D eigenvalue weighted by Crippen LogP contribution is 2.33. The van der Waals surface area contributed by atoms with Crippen molar-refractivity contribution in [1.29, 1.82) is 0 Å². The fourth-order valence-corrected chi connectivity index (χ4v) is 1.65. The molecule has 2 heterocycles. The largest absolute Gasteiger partial charge is 0.478 e. The molecule has 2 aromatic rings. The minimum Gasteiger partial charge on any atom is -0.478 e. The number of halogens is 5. The average molecular weight is 310 g/mol. The first kappa shape index (κ1) is 14.3. The van der Waals surface area contributed by atoms with Gasteiger partial charge in [0.05, 0.1) is 11.2 Å². The molecule has 0 aliphatic carbocycles. The SMILES string of the molecule is O=C(O)c1cnn(-c2ncc(Cl)cc2F)c1C(F)(F)F. The van der Waals surface area contributed by atoms with E-state index in [1.807, 2.05) is 0 Å². The van der Waals surface area contributed by atoms with E-state index in [2.05, 4.69) is 10.1 Å². The summed E-state index contributed by atoms with van der Waals surface area (Å²) >= 11 is 5.44. The summed E-state index contributed by atoms with van der Waals surface area (Å²) in [6, 6.07) is 0.742. The number of carboxylic acids is 1. The van der Waals surface area contributed by atoms with Crippen LogP contribution in [0.4, 0.5) is 17.6 Å². The Morgan fingerprint density at radius 1 is 1.35 bits per heavy atom. The van der Waals surface area contributed by atoms with Crippen LogP contribution in [0.2, 0.25) is 5.02 Å². The van der Waals surface area contributed by atoms with Crippen LogP contribution in [0.5, 0.6) is 0 Å². The Hall–Kier alpha value is -2.16. The van der Waals surface area contributed by atoms with Gasteiger partial charge in [-0.05, 0) is 6.07 Å². The molecule has 0 saturated heterocycles. The van der Waals surface area contributed by atoms with Crippen molar-refractivity contribution in [2.45, 2.75) is 6.18 Å². The van der Waals surface area contributed by atoms with E-state index in [9.17, 15) is 22.4 Å². The van der Waals surface area contributed by atoms with Crippen LogP contribution in [0.15, 0.2) is 18.5 Å². The van der Waals surface area contributed by atoms with E-state index < -0.39 is 35.0 Å². The number of aromatic nitrogens is 3. The van der Waals surface area contributed by atoms with Gasteiger partial charge in [-0.1, -0.05) is 11.6 Å². The van der Waals surface area contributed by atoms with Gasteiger partial charge in [0.1, 0.15) is 5.56 Å². The second-order valence-electron chi connectivity index (χ2n) is 3.58. The van der Waals surface area contributed by atoms with E-state index >= 15 is 0 Å². The van der Waals surface area contributed by atoms with E-state index in [1.54, 1.807) is 0 Å². The van der Waals surface area contributed by atoms with Crippen molar-refractivity contribution < 1.29 is 27.5 Å². The molecule has 0 radical (unpaired) electrons. The zero-order valence-corrected chi connectivity index (χ0v) is 10.1. The van der Waals surface area contributed by atoms with Crippen molar-refractivity contribution in [3.05, 3.63) is 40.6 Å². The highest BCUT2D eigenvalue weighted by atomic mass is 35.5. The van der Waals surface area contributed by atoms with Crippen LogP contribution in [-0.4, -0.2) is 25.8 Å². The molecule has 0 bridgehead atoms. The van der Waals surface area contributed by atoms with Crippen LogP contribution in [-0.2, 0) is 6.18 Å². The van der Waals surface area contributed by atoms with Gasteiger partial charge >= 0.3 is 12.1 Å². The average Bonchev–Trinajstić information content (AvgIpc) is 2.73. The molecule has 2 rings (SSSR count). The molecule has 5 nitrogen and oxygen atoms in total. The summed E-state index contributed by atoms with van der Waals surface area (Å²) in [5.41, 5.74) is -2.73. The van der Waals surface area contributed by atoms with Crippen LogP contribution in [0.25, 0.3) is 5.82 Å². The molecular weight excluding hydrogens is 306 g/mol. The van der Waals surface area contributed by atoms with Gasteiger partial charge in [0.25, 0.3) is 0 Å². The topological polar surface area (TPSA) is 68.0 Å². The number of alkyl halides is 3. The van der Waals surface area contributed by atoms with Crippen molar-refractivity contribution in [2.75, 3.05) is 0 Å². The molecule has 1 N–H and O–H groups in total. The first-order valence-electron chi connectivity index (χ1n) is 4.91. The second-order valence-corrected chi connectivity index (χ2v) is 4.02. The number of pyridine rings is 1. The van der Waals surface area contributed by atoms with E-state index in [-0.39, 0.29) is 9.70 Å². The van der Waals surface area contributed by atoms with Crippen LogP contribution >= 0.6 is 11.6 Å². The van der Waals surface area contributed by atoms with Crippen LogP contribution in [0.3, 0.4) is 0 Å². The Morgan fingerprint density at radius 3 is 2.50 bits per heavy atom. The maximum Gasteiger partial charge on any atom is 0.434 e. The minimum atomic E-state index is -5.04. The molecule has 0 aliphatic rings. The molecule has 0 unspecified atom stereocenters. The monoisotopic (exact) mass is 309 g/mol. The van der Waals surface area contributed by atoms with E-state index in [0.717, 1.165) is 12.3 Å². The predicted octanol–water partition coefficient (Wildman–Crippen LogP) is 2.78. The smallest absolute Gasteiger partial charge is 0.434 e. The summed E-state index contributed by atoms with van der Waals surface area (Å²) in [5, 5.41) is 11.8. The molecule has 106 valence electrons. The lowest BCUT2D eigenvalue weighted by Crippen LogP contribution is -2.18. The first-order valence-corrected chi connectivity index (χ1v) is 5.29. The van der Waals surface area contributed by atoms with Gasteiger partial charge in [-0.25, -0.2) is 18.9 Å². The molecule has 0 spiro atoms. The quantitative estimate of drug-likeness (QED) is 0.866. The maximum absolute atomic E-state index is 13.6. The van der Waals surface area contributed by atoms with Gasteiger partial charge in [0.2, 0.25) is 0 Å². The Bertz CT molecular complexity index is 684. The van der Waals surface area contributed by atoms with Crippen LogP contribution in [0, 0.1) is 5.82 Å². The highest BCUT2D eigenvalue weighted by molar-refractivity contribution is 6.30. The van der Waals surface area contributed by atoms with Crippen molar-refractivity contribution in [2.24, 2.45) is 0 Å². The third-order valence-electron chi connectivity index (χ3n) is 2.26. The number of nitrogens with zero attached hydrogens (tertiary/aromatic N) is 3. The number of hydrogen-bond donors (Lipinski definition) is 1. The lowest BCUT2D eigenvalue weighted by atomic mass is 10.2. The molecule has 10 heteroatoms. The van der Waals surface area contributed by atoms with Gasteiger partial charge in [-0.15, -0.1) is 0 Å². The lowest BCUT2D eigenvalue weighted by Gasteiger charge is -2.11. The normalized spacial score (nSPS) is 11.7. The van der Waals surface area contributed by atoms with Gasteiger partial charge in [-0.2, -0.15) is 18.3 Å². The molecule has 20 heavy (non-hydrogen) atoms. The first-order chi connectivity index (χ1) is 9.21. The molecule has 0 atom stereocenters. The van der Waals surface area contributed by atoms with Crippen LogP contribution in [0.1, 0.15) is 16.1 Å². The Morgan fingerprint density at radius 2 is 2.00 bits per heavy atom. The summed E-state index contributed by atoms with van der Waals surface area (Å²) in [6.45, 7) is 0. The zero-order valence-electron chi connectivity index (χ0n) is 9.32. The predicted molar refractivity (Wildman–Crippen MR) is 58.3 cm³/mol. The molecule has 2 aromatic heterocycles. The van der Waals surface area contributed by atoms with Gasteiger partial charge in [-0.3, -0.25) is 0 Å². The Kier molecular flexibility index (Phi) is 3.38. The Labute approximate surface area is 113 Å². The fraction of sp³-hybridized carbons (Fsp3) is 0.100. The maximum atomic E-state index is 13.6. The highest BCUT2D eigenvalue weighted by Gasteiger charge is 2.41. The number of hydrogen-bond acceptors (Lipinski definition) is 3. The van der Waals surface area contributed by atoms with Crippen LogP contribution < -0.4 is 0 Å². The molecular formula is C10H4ClF4N3O2. The third kappa shape index (κ3) is 2.44. The van der Waals surface area contributed by atoms with Crippen molar-refractivity contribution in [1.82, 2.24) is 14.8 Å². The van der Waals surface area contributed by atoms with Gasteiger partial charge in [0.15, 0.2) is 17.3 Å². The van der Waals surface area contributed by atoms with E-state index in [4.69, 9.17) is 16.7 Å².